The highest BCUT2D eigenvalue weighted by molar-refractivity contribution is 6.31. The molecule has 0 radical (unpaired) electrons. The lowest BCUT2D eigenvalue weighted by Gasteiger charge is -2.09. The van der Waals surface area contributed by atoms with Gasteiger partial charge in [-0.1, -0.05) is 17.7 Å². The van der Waals surface area contributed by atoms with Gasteiger partial charge in [0.1, 0.15) is 0 Å². The van der Waals surface area contributed by atoms with Crippen LogP contribution in [0, 0.1) is 0 Å². The summed E-state index contributed by atoms with van der Waals surface area (Å²) >= 11 is 5.94. The first-order chi connectivity index (χ1) is 5.66. The van der Waals surface area contributed by atoms with Crippen molar-refractivity contribution in [2.75, 3.05) is 0 Å². The zero-order valence-electron chi connectivity index (χ0n) is 7.42. The molecule has 0 aliphatic rings. The van der Waals surface area contributed by atoms with E-state index < -0.39 is 0 Å². The molecule has 66 valence electrons. The Labute approximate surface area is 77.8 Å². The second-order valence-corrected chi connectivity index (χ2v) is 3.38. The first-order valence-corrected chi connectivity index (χ1v) is 4.37. The third kappa shape index (κ3) is 1.69. The maximum absolute atomic E-state index is 5.94. The van der Waals surface area contributed by atoms with Gasteiger partial charge in [0.05, 0.1) is 16.9 Å². The van der Waals surface area contributed by atoms with Gasteiger partial charge in [-0.3, -0.25) is 4.68 Å². The largest absolute Gasteiger partial charge is 0.265 e. The van der Waals surface area contributed by atoms with Crippen molar-refractivity contribution in [2.45, 2.75) is 26.3 Å². The Hall–Kier alpha value is -0.760. The van der Waals surface area contributed by atoms with Crippen LogP contribution < -0.4 is 0 Å². The van der Waals surface area contributed by atoms with E-state index in [1.54, 1.807) is 6.20 Å². The van der Waals surface area contributed by atoms with E-state index >= 15 is 0 Å². The molecule has 0 aliphatic carbocycles. The molecule has 0 atom stereocenters. The van der Waals surface area contributed by atoms with Crippen molar-refractivity contribution in [3.8, 4) is 0 Å². The first-order valence-electron chi connectivity index (χ1n) is 3.99. The van der Waals surface area contributed by atoms with Crippen LogP contribution in [-0.4, -0.2) is 9.78 Å². The molecule has 0 bridgehead atoms. The molecule has 1 aromatic heterocycles. The monoisotopic (exact) mass is 184 g/mol. The summed E-state index contributed by atoms with van der Waals surface area (Å²) in [5.41, 5.74) is 1.04. The van der Waals surface area contributed by atoms with Gasteiger partial charge in [0.15, 0.2) is 0 Å². The fourth-order valence-corrected chi connectivity index (χ4v) is 1.35. The highest BCUT2D eigenvalue weighted by atomic mass is 35.5. The molecule has 0 aliphatic heterocycles. The van der Waals surface area contributed by atoms with E-state index in [0.29, 0.717) is 6.04 Å². The van der Waals surface area contributed by atoms with E-state index in [1.807, 2.05) is 10.8 Å². The van der Waals surface area contributed by atoms with E-state index in [-0.39, 0.29) is 0 Å². The average molecular weight is 185 g/mol. The van der Waals surface area contributed by atoms with E-state index in [4.69, 9.17) is 11.6 Å². The topological polar surface area (TPSA) is 17.8 Å². The molecule has 1 heterocycles. The fraction of sp³-hybridized carbons (Fsp3) is 0.444. The Balaban J connectivity index is 3.03. The lowest BCUT2D eigenvalue weighted by atomic mass is 10.3. The molecule has 0 spiro atoms. The summed E-state index contributed by atoms with van der Waals surface area (Å²) in [5.74, 6) is 0. The van der Waals surface area contributed by atoms with Crippen molar-refractivity contribution in [2.24, 2.45) is 0 Å². The summed E-state index contributed by atoms with van der Waals surface area (Å²) in [7, 11) is 0. The Kier molecular flexibility index (Phi) is 2.93. The summed E-state index contributed by atoms with van der Waals surface area (Å²) in [5, 5.41) is 4.90. The molecule has 0 saturated carbocycles. The van der Waals surface area contributed by atoms with Crippen LogP contribution in [0.4, 0.5) is 0 Å². The van der Waals surface area contributed by atoms with Gasteiger partial charge >= 0.3 is 0 Å². The van der Waals surface area contributed by atoms with Crippen LogP contribution >= 0.6 is 11.6 Å². The van der Waals surface area contributed by atoms with Crippen molar-refractivity contribution in [1.82, 2.24) is 9.78 Å². The zero-order chi connectivity index (χ0) is 9.14. The number of halogens is 1. The van der Waals surface area contributed by atoms with Crippen molar-refractivity contribution >= 4 is 11.6 Å². The Morgan fingerprint density at radius 1 is 1.75 bits per heavy atom. The molecular weight excluding hydrogens is 172 g/mol. The van der Waals surface area contributed by atoms with Crippen LogP contribution in [0.2, 0.25) is 5.02 Å². The minimum atomic E-state index is 0.354. The highest BCUT2D eigenvalue weighted by Gasteiger charge is 2.09. The molecule has 0 aromatic carbocycles. The summed E-state index contributed by atoms with van der Waals surface area (Å²) in [6.45, 7) is 7.84. The smallest absolute Gasteiger partial charge is 0.0821 e. The number of allylic oxidation sites excluding steroid dienone is 1. The first kappa shape index (κ1) is 9.33. The molecule has 12 heavy (non-hydrogen) atoms. The normalized spacial score (nSPS) is 10.7. The molecule has 0 fully saturated rings. The van der Waals surface area contributed by atoms with Crippen molar-refractivity contribution < 1.29 is 0 Å². The van der Waals surface area contributed by atoms with Crippen LogP contribution in [0.15, 0.2) is 18.9 Å². The predicted octanol–water partition coefficient (Wildman–Crippen LogP) is 2.85. The van der Waals surface area contributed by atoms with Gasteiger partial charge in [-0.05, 0) is 13.8 Å². The molecule has 2 nitrogen and oxygen atoms in total. The zero-order valence-corrected chi connectivity index (χ0v) is 8.17. The fourth-order valence-electron chi connectivity index (χ4n) is 1.14. The standard InChI is InChI=1S/C9H13ClN2/c1-4-5-9-8(10)6-11-12(9)7(2)3/h4,6-7H,1,5H2,2-3H3. The second kappa shape index (κ2) is 3.76. The summed E-state index contributed by atoms with van der Waals surface area (Å²) in [6, 6.07) is 0.354. The molecule has 0 N–H and O–H groups in total. The Morgan fingerprint density at radius 2 is 2.42 bits per heavy atom. The third-order valence-corrected chi connectivity index (χ3v) is 1.99. The van der Waals surface area contributed by atoms with Gasteiger partial charge in [-0.15, -0.1) is 6.58 Å². The molecule has 0 unspecified atom stereocenters. The number of aromatic nitrogens is 2. The summed E-state index contributed by atoms with van der Waals surface area (Å²) < 4.78 is 1.92. The second-order valence-electron chi connectivity index (χ2n) is 2.97. The Bertz CT molecular complexity index is 276. The van der Waals surface area contributed by atoms with E-state index in [0.717, 1.165) is 17.1 Å². The van der Waals surface area contributed by atoms with Gasteiger partial charge in [0.2, 0.25) is 0 Å². The molecule has 0 amide bonds. The molecular formula is C9H13ClN2. The van der Waals surface area contributed by atoms with E-state index in [9.17, 15) is 0 Å². The van der Waals surface area contributed by atoms with Crippen LogP contribution in [0.5, 0.6) is 0 Å². The van der Waals surface area contributed by atoms with E-state index in [1.165, 1.54) is 0 Å². The maximum Gasteiger partial charge on any atom is 0.0821 e. The lowest BCUT2D eigenvalue weighted by molar-refractivity contribution is 0.514. The van der Waals surface area contributed by atoms with Crippen LogP contribution in [0.25, 0.3) is 0 Å². The van der Waals surface area contributed by atoms with Crippen molar-refractivity contribution in [1.29, 1.82) is 0 Å². The Morgan fingerprint density at radius 3 is 2.92 bits per heavy atom. The van der Waals surface area contributed by atoms with Crippen LogP contribution in [0.3, 0.4) is 0 Å². The highest BCUT2D eigenvalue weighted by Crippen LogP contribution is 2.19. The van der Waals surface area contributed by atoms with Crippen LogP contribution in [0.1, 0.15) is 25.6 Å². The average Bonchev–Trinajstić information content (AvgIpc) is 2.34. The lowest BCUT2D eigenvalue weighted by Crippen LogP contribution is -2.06. The number of rotatable bonds is 3. The molecule has 1 aromatic rings. The van der Waals surface area contributed by atoms with Crippen molar-refractivity contribution in [3.63, 3.8) is 0 Å². The van der Waals surface area contributed by atoms with Gasteiger partial charge < -0.3 is 0 Å². The van der Waals surface area contributed by atoms with Gasteiger partial charge in [-0.2, -0.15) is 5.10 Å². The van der Waals surface area contributed by atoms with Crippen LogP contribution in [-0.2, 0) is 6.42 Å². The molecule has 3 heteroatoms. The molecule has 1 rings (SSSR count). The van der Waals surface area contributed by atoms with Gasteiger partial charge in [0, 0.05) is 12.5 Å². The molecule has 0 saturated heterocycles. The number of nitrogens with zero attached hydrogens (tertiary/aromatic N) is 2. The number of hydrogen-bond donors (Lipinski definition) is 0. The third-order valence-electron chi connectivity index (χ3n) is 1.67. The summed E-state index contributed by atoms with van der Waals surface area (Å²) in [4.78, 5) is 0. The summed E-state index contributed by atoms with van der Waals surface area (Å²) in [6.07, 6.45) is 4.29. The quantitative estimate of drug-likeness (QED) is 0.661. The van der Waals surface area contributed by atoms with Gasteiger partial charge in [0.25, 0.3) is 0 Å². The SMILES string of the molecule is C=CCc1c(Cl)cnn1C(C)C. The van der Waals surface area contributed by atoms with Gasteiger partial charge in [-0.25, -0.2) is 0 Å². The van der Waals surface area contributed by atoms with Crippen molar-refractivity contribution in [3.05, 3.63) is 29.6 Å². The van der Waals surface area contributed by atoms with E-state index in [2.05, 4.69) is 25.5 Å². The predicted molar refractivity (Wildman–Crippen MR) is 51.5 cm³/mol. The number of hydrogen-bond acceptors (Lipinski definition) is 1. The minimum absolute atomic E-state index is 0.354. The maximum atomic E-state index is 5.94. The minimum Gasteiger partial charge on any atom is -0.265 e.